The van der Waals surface area contributed by atoms with Crippen LogP contribution >= 0.6 is 0 Å². The smallest absolute Gasteiger partial charge is 0.259 e. The fourth-order valence-electron chi connectivity index (χ4n) is 7.29. The third-order valence-corrected chi connectivity index (χ3v) is 10.4. The Hall–Kier alpha value is -4.12. The number of rotatable bonds is 6. The molecule has 0 saturated carbocycles. The zero-order valence-electron chi connectivity index (χ0n) is 36.6. The first kappa shape index (κ1) is 51.9. The fraction of sp³-hybridized carbons (Fsp3) is 0.714. The van der Waals surface area contributed by atoms with Gasteiger partial charge in [0.15, 0.2) is 0 Å². The first-order chi connectivity index (χ1) is 27.1. The van der Waals surface area contributed by atoms with Crippen molar-refractivity contribution in [2.75, 3.05) is 39.9 Å². The molecule has 0 aromatic rings. The molecule has 16 nitrogen and oxygen atoms in total. The summed E-state index contributed by atoms with van der Waals surface area (Å²) < 4.78 is 9.89. The minimum Gasteiger partial charge on any atom is -0.381 e. The summed E-state index contributed by atoms with van der Waals surface area (Å²) in [5, 5.41) is 22.2. The van der Waals surface area contributed by atoms with E-state index in [-0.39, 0.29) is 94.6 Å². The maximum absolute atomic E-state index is 11.5. The second-order valence-electron chi connectivity index (χ2n) is 16.2. The van der Waals surface area contributed by atoms with Gasteiger partial charge in [0, 0.05) is 60.6 Å². The van der Waals surface area contributed by atoms with E-state index in [0.717, 1.165) is 36.2 Å². The molecule has 6 aliphatic heterocycles. The van der Waals surface area contributed by atoms with Crippen LogP contribution in [0.4, 0.5) is 0 Å². The van der Waals surface area contributed by atoms with Gasteiger partial charge in [0.25, 0.3) is 23.6 Å². The van der Waals surface area contributed by atoms with Gasteiger partial charge in [0.05, 0.1) is 11.8 Å². The highest BCUT2D eigenvalue weighted by Gasteiger charge is 2.46. The second-order valence-corrected chi connectivity index (χ2v) is 16.2. The molecule has 0 aromatic carbocycles. The van der Waals surface area contributed by atoms with E-state index in [1.807, 2.05) is 55.4 Å². The molecule has 4 fully saturated rings. The molecular weight excluding hydrogens is 752 g/mol. The zero-order chi connectivity index (χ0) is 44.6. The summed E-state index contributed by atoms with van der Waals surface area (Å²) in [6.07, 6.45) is 5.11. The molecular formula is C42H68N4O12. The van der Waals surface area contributed by atoms with Crippen LogP contribution in [0.2, 0.25) is 0 Å². The van der Waals surface area contributed by atoms with E-state index in [1.54, 1.807) is 27.7 Å². The minimum absolute atomic E-state index is 0.0213. The van der Waals surface area contributed by atoms with Gasteiger partial charge in [-0.05, 0) is 63.2 Å². The molecule has 4 atom stereocenters. The van der Waals surface area contributed by atoms with Gasteiger partial charge in [0.1, 0.15) is 13.5 Å². The quantitative estimate of drug-likeness (QED) is 0.284. The Labute approximate surface area is 343 Å². The minimum atomic E-state index is -0.536. The highest BCUT2D eigenvalue weighted by atomic mass is 16.5. The number of imide groups is 4. The molecule has 0 spiro atoms. The Kier molecular flexibility index (Phi) is 22.1. The van der Waals surface area contributed by atoms with Crippen LogP contribution in [-0.4, -0.2) is 107 Å². The zero-order valence-corrected chi connectivity index (χ0v) is 36.6. The molecule has 4 unspecified atom stereocenters. The van der Waals surface area contributed by atoms with E-state index in [2.05, 4.69) is 10.6 Å². The largest absolute Gasteiger partial charge is 0.381 e. The average Bonchev–Trinajstić information content (AvgIpc) is 4.00. The Bertz CT molecular complexity index is 1530. The predicted octanol–water partition coefficient (Wildman–Crippen LogP) is 3.25. The predicted molar refractivity (Wildman–Crippen MR) is 214 cm³/mol. The van der Waals surface area contributed by atoms with Crippen LogP contribution in [0.25, 0.3) is 0 Å². The number of amides is 8. The lowest BCUT2D eigenvalue weighted by Gasteiger charge is -2.14. The van der Waals surface area contributed by atoms with Crippen molar-refractivity contribution in [2.45, 2.75) is 109 Å². The average molecular weight is 821 g/mol. The Morgan fingerprint density at radius 1 is 0.552 bits per heavy atom. The van der Waals surface area contributed by atoms with Crippen molar-refractivity contribution >= 4 is 47.3 Å². The van der Waals surface area contributed by atoms with Gasteiger partial charge in [0.2, 0.25) is 23.6 Å². The molecule has 0 bridgehead atoms. The number of ether oxygens (including phenoxy) is 2. The summed E-state index contributed by atoms with van der Waals surface area (Å²) in [6, 6.07) is 0. The van der Waals surface area contributed by atoms with E-state index in [4.69, 9.17) is 19.7 Å². The van der Waals surface area contributed by atoms with Crippen molar-refractivity contribution < 1.29 is 58.0 Å². The first-order valence-corrected chi connectivity index (χ1v) is 20.3. The summed E-state index contributed by atoms with van der Waals surface area (Å²) in [7, 11) is 0. The van der Waals surface area contributed by atoms with Gasteiger partial charge < -0.3 is 19.7 Å². The summed E-state index contributed by atoms with van der Waals surface area (Å²) in [5.41, 5.74) is 2.15. The number of likely N-dealkylation sites (tertiary alicyclic amines) is 1. The number of aliphatic hydroxyl groups is 2. The van der Waals surface area contributed by atoms with Crippen LogP contribution in [-0.2, 0) is 47.8 Å². The molecule has 6 rings (SSSR count). The molecule has 4 N–H and O–H groups in total. The maximum Gasteiger partial charge on any atom is 0.259 e. The Balaban J connectivity index is 0.000000358. The fourth-order valence-corrected chi connectivity index (χ4v) is 7.29. The highest BCUT2D eigenvalue weighted by molar-refractivity contribution is 6.19. The number of carbonyl (C=O) groups is 8. The maximum atomic E-state index is 11.5. The first-order valence-electron chi connectivity index (χ1n) is 20.3. The summed E-state index contributed by atoms with van der Waals surface area (Å²) in [5.74, 6) is -2.26. The molecule has 0 aromatic heterocycles. The number of nitrogens with zero attached hydrogens (tertiary/aromatic N) is 2. The van der Waals surface area contributed by atoms with Gasteiger partial charge in [-0.15, -0.1) is 0 Å². The molecule has 8 amide bonds. The second kappa shape index (κ2) is 24.7. The Morgan fingerprint density at radius 2 is 1.00 bits per heavy atom. The van der Waals surface area contributed by atoms with Crippen molar-refractivity contribution in [1.82, 2.24) is 20.4 Å². The van der Waals surface area contributed by atoms with Gasteiger partial charge in [-0.3, -0.25) is 58.8 Å². The molecule has 58 heavy (non-hydrogen) atoms. The molecule has 328 valence electrons. The Morgan fingerprint density at radius 3 is 1.19 bits per heavy atom. The molecule has 0 radical (unpaired) electrons. The lowest BCUT2D eigenvalue weighted by molar-refractivity contribution is -0.145. The van der Waals surface area contributed by atoms with E-state index in [0.29, 0.717) is 22.3 Å². The number of carbonyl (C=O) groups excluding carboxylic acids is 8. The third-order valence-electron chi connectivity index (χ3n) is 10.4. The van der Waals surface area contributed by atoms with Gasteiger partial charge in [-0.2, -0.15) is 0 Å². The number of aliphatic hydroxyl groups excluding tert-OH is 2. The number of nitrogens with one attached hydrogen (secondary N) is 2. The van der Waals surface area contributed by atoms with Gasteiger partial charge >= 0.3 is 0 Å². The third kappa shape index (κ3) is 14.0. The van der Waals surface area contributed by atoms with Crippen LogP contribution < -0.4 is 10.6 Å². The molecule has 6 heterocycles. The molecule has 4 saturated heterocycles. The van der Waals surface area contributed by atoms with Gasteiger partial charge in [-0.25, -0.2) is 0 Å². The number of hydrogen-bond donors (Lipinski definition) is 4. The van der Waals surface area contributed by atoms with E-state index in [1.165, 1.54) is 25.7 Å². The van der Waals surface area contributed by atoms with Crippen molar-refractivity contribution in [3.05, 3.63) is 22.3 Å². The summed E-state index contributed by atoms with van der Waals surface area (Å²) in [6.45, 7) is 25.0. The van der Waals surface area contributed by atoms with Crippen molar-refractivity contribution in [1.29, 1.82) is 0 Å². The van der Waals surface area contributed by atoms with Crippen LogP contribution in [0.15, 0.2) is 22.3 Å². The molecule has 6 aliphatic rings. The highest BCUT2D eigenvalue weighted by Crippen LogP contribution is 2.31. The standard InChI is InChI=1S/C9H15NO3.C9H13NO3.C8H13NO2.C8H11NO2.2C4H8O/c2*1-5(2)7-6(3)8(12)10(4-11)9(7)13;2*1-4(2)6-5(3)7(10)9-8(6)11;2*1-2-4-5-3-1/h5-7,11H,4H2,1-3H3;5,11H,4H2,1-3H3;4-6H,1-3H3,(H,9,10,11);4H,1-3H3,(H,9,10,11);2*1-4H2. The topological polar surface area (TPSA) is 226 Å². The SMILES string of the molecule is C1CCOC1.C1CCOC1.CC(C)C1C(=O)N(CO)C(=O)C1C.CC(C)C1C(=O)NC(=O)C1C.CC1=C(C(C)C)C(=O)N(CO)C1=O.CC1=C(C(C)C)C(=O)NC1=O. The van der Waals surface area contributed by atoms with Crippen molar-refractivity contribution in [2.24, 2.45) is 47.3 Å². The lowest BCUT2D eigenvalue weighted by atomic mass is 9.87. The molecule has 16 heteroatoms. The normalized spacial score (nSPS) is 24.1. The summed E-state index contributed by atoms with van der Waals surface area (Å²) >= 11 is 0. The van der Waals surface area contributed by atoms with Crippen LogP contribution in [0, 0.1) is 47.3 Å². The summed E-state index contributed by atoms with van der Waals surface area (Å²) in [4.78, 5) is 91.6. The van der Waals surface area contributed by atoms with E-state index < -0.39 is 13.5 Å². The van der Waals surface area contributed by atoms with Crippen LogP contribution in [0.3, 0.4) is 0 Å². The van der Waals surface area contributed by atoms with E-state index in [9.17, 15) is 38.4 Å². The number of hydrogen-bond acceptors (Lipinski definition) is 12. The lowest BCUT2D eigenvalue weighted by Crippen LogP contribution is -2.32. The van der Waals surface area contributed by atoms with Gasteiger partial charge in [-0.1, -0.05) is 69.2 Å². The van der Waals surface area contributed by atoms with E-state index >= 15 is 0 Å². The van der Waals surface area contributed by atoms with Crippen molar-refractivity contribution in [3.8, 4) is 0 Å². The molecule has 0 aliphatic carbocycles. The van der Waals surface area contributed by atoms with Crippen LogP contribution in [0.5, 0.6) is 0 Å². The monoisotopic (exact) mass is 820 g/mol. The van der Waals surface area contributed by atoms with Crippen molar-refractivity contribution in [3.63, 3.8) is 0 Å². The van der Waals surface area contributed by atoms with Crippen LogP contribution in [0.1, 0.15) is 109 Å².